The second kappa shape index (κ2) is 10.9. The topological polar surface area (TPSA) is 109 Å². The molecular weight excluding hydrogens is 504 g/mol. The Bertz CT molecular complexity index is 1610. The molecule has 3 aromatic heterocycles. The highest BCUT2D eigenvalue weighted by Crippen LogP contribution is 2.45. The van der Waals surface area contributed by atoms with E-state index < -0.39 is 5.60 Å². The quantitative estimate of drug-likeness (QED) is 0.258. The van der Waals surface area contributed by atoms with E-state index in [1.165, 1.54) is 4.57 Å². The maximum Gasteiger partial charge on any atom is 0.274 e. The fourth-order valence-corrected chi connectivity index (χ4v) is 6.08. The van der Waals surface area contributed by atoms with Gasteiger partial charge < -0.3 is 24.7 Å². The molecule has 0 radical (unpaired) electrons. The van der Waals surface area contributed by atoms with E-state index in [0.717, 1.165) is 42.4 Å². The zero-order chi connectivity index (χ0) is 28.6. The van der Waals surface area contributed by atoms with Gasteiger partial charge in [-0.25, -0.2) is 4.98 Å². The molecule has 1 aliphatic rings. The molecule has 1 amide bonds. The first-order valence-electron chi connectivity index (χ1n) is 14.2. The summed E-state index contributed by atoms with van der Waals surface area (Å²) in [5.74, 6) is 0.942. The molecule has 1 aliphatic carbocycles. The Hall–Kier alpha value is -3.91. The molecule has 8 nitrogen and oxygen atoms in total. The lowest BCUT2D eigenvalue weighted by molar-refractivity contribution is -0.0259. The average Bonchev–Trinajstić information content (AvgIpc) is 3.64. The number of nitrogens with zero attached hydrogens (tertiary/aromatic N) is 2. The molecule has 0 spiro atoms. The molecule has 210 valence electrons. The number of ether oxygens (including phenoxy) is 1. The van der Waals surface area contributed by atoms with Crippen molar-refractivity contribution in [2.24, 2.45) is 13.0 Å². The Balaban J connectivity index is 1.76. The van der Waals surface area contributed by atoms with Gasteiger partial charge >= 0.3 is 0 Å². The summed E-state index contributed by atoms with van der Waals surface area (Å²) in [5.41, 5.74) is 3.36. The van der Waals surface area contributed by atoms with Crippen LogP contribution in [0.2, 0.25) is 0 Å². The monoisotopic (exact) mass is 542 g/mol. The van der Waals surface area contributed by atoms with Crippen LogP contribution in [0.15, 0.2) is 47.5 Å². The summed E-state index contributed by atoms with van der Waals surface area (Å²) >= 11 is 0. The first kappa shape index (κ1) is 27.6. The summed E-state index contributed by atoms with van der Waals surface area (Å²) in [6.45, 7) is 8.30. The molecule has 3 N–H and O–H groups in total. The van der Waals surface area contributed by atoms with Gasteiger partial charge in [0, 0.05) is 48.1 Å². The predicted octanol–water partition coefficient (Wildman–Crippen LogP) is 5.88. The van der Waals surface area contributed by atoms with E-state index in [1.54, 1.807) is 25.5 Å². The molecule has 1 atom stereocenters. The van der Waals surface area contributed by atoms with Crippen molar-refractivity contribution in [1.29, 1.82) is 0 Å². The molecule has 40 heavy (non-hydrogen) atoms. The molecule has 1 fully saturated rings. The van der Waals surface area contributed by atoms with Gasteiger partial charge in [0.15, 0.2) is 0 Å². The molecule has 4 aromatic rings. The molecule has 5 rings (SSSR count). The molecule has 1 unspecified atom stereocenters. The number of aryl methyl sites for hydroxylation is 3. The largest absolute Gasteiger partial charge is 0.438 e. The van der Waals surface area contributed by atoms with Crippen molar-refractivity contribution in [3.05, 3.63) is 75.5 Å². The van der Waals surface area contributed by atoms with Crippen molar-refractivity contribution < 1.29 is 14.6 Å². The summed E-state index contributed by atoms with van der Waals surface area (Å²) in [6, 6.07) is 9.62. The first-order valence-corrected chi connectivity index (χ1v) is 14.2. The van der Waals surface area contributed by atoms with Crippen LogP contribution in [0.4, 0.5) is 0 Å². The third kappa shape index (κ3) is 4.81. The van der Waals surface area contributed by atoms with Gasteiger partial charge in [0.1, 0.15) is 17.0 Å². The third-order valence-corrected chi connectivity index (χ3v) is 8.37. The molecule has 3 heterocycles. The number of benzene rings is 1. The number of aromatic nitrogens is 3. The molecule has 0 bridgehead atoms. The maximum absolute atomic E-state index is 13.1. The average molecular weight is 543 g/mol. The van der Waals surface area contributed by atoms with E-state index in [1.807, 2.05) is 52.0 Å². The number of hydrogen-bond acceptors (Lipinski definition) is 5. The van der Waals surface area contributed by atoms with Crippen LogP contribution in [0, 0.1) is 19.8 Å². The summed E-state index contributed by atoms with van der Waals surface area (Å²) in [4.78, 5) is 33.6. The smallest absolute Gasteiger partial charge is 0.274 e. The van der Waals surface area contributed by atoms with Gasteiger partial charge in [-0.3, -0.25) is 9.59 Å². The number of hydrogen-bond donors (Lipinski definition) is 3. The van der Waals surface area contributed by atoms with E-state index in [2.05, 4.69) is 10.3 Å². The van der Waals surface area contributed by atoms with Gasteiger partial charge in [0.05, 0.1) is 5.60 Å². The Morgan fingerprint density at radius 1 is 1.18 bits per heavy atom. The van der Waals surface area contributed by atoms with Crippen molar-refractivity contribution >= 4 is 16.8 Å². The van der Waals surface area contributed by atoms with Crippen LogP contribution >= 0.6 is 0 Å². The van der Waals surface area contributed by atoms with Gasteiger partial charge in [0.2, 0.25) is 5.88 Å². The zero-order valence-electron chi connectivity index (χ0n) is 23.9. The van der Waals surface area contributed by atoms with Crippen LogP contribution in [-0.4, -0.2) is 32.1 Å². The van der Waals surface area contributed by atoms with Crippen molar-refractivity contribution in [2.75, 3.05) is 6.54 Å². The number of pyridine rings is 2. The van der Waals surface area contributed by atoms with E-state index in [4.69, 9.17) is 9.72 Å². The van der Waals surface area contributed by atoms with E-state index in [9.17, 15) is 14.7 Å². The number of nitrogens with one attached hydrogen (secondary N) is 2. The van der Waals surface area contributed by atoms with E-state index in [0.29, 0.717) is 52.3 Å². The van der Waals surface area contributed by atoms with Crippen LogP contribution < -0.4 is 15.6 Å². The SMILES string of the molecule is CCNC(=O)c1cc2c(-c3cc(C(O)(CC)C4CCCC4)cnc3Oc3c(C)cccc3C)cn(C)c(=O)c2[nH]1. The lowest BCUT2D eigenvalue weighted by Gasteiger charge is -2.34. The number of rotatable bonds is 8. The fraction of sp³-hybridized carbons (Fsp3) is 0.406. The van der Waals surface area contributed by atoms with Gasteiger partial charge in [-0.1, -0.05) is 38.0 Å². The van der Waals surface area contributed by atoms with E-state index >= 15 is 0 Å². The van der Waals surface area contributed by atoms with Crippen LogP contribution in [-0.2, 0) is 12.6 Å². The highest BCUT2D eigenvalue weighted by Gasteiger charge is 2.39. The second-order valence-electron chi connectivity index (χ2n) is 10.9. The Morgan fingerprint density at radius 3 is 2.52 bits per heavy atom. The standard InChI is InChI=1S/C32H38N4O4/c1-6-32(39,21-13-8-9-14-21)22-15-24(30(34-17-22)40-28-19(3)11-10-12-20(28)4)25-18-36(5)31(38)27-23(25)16-26(35-27)29(37)33-7-2/h10-12,15-18,21,35,39H,6-9,13-14H2,1-5H3,(H,33,37). The Labute approximate surface area is 234 Å². The minimum atomic E-state index is -1.03. The number of H-pyrrole nitrogens is 1. The molecule has 0 saturated heterocycles. The number of aromatic amines is 1. The van der Waals surface area contributed by atoms with E-state index in [-0.39, 0.29) is 17.4 Å². The maximum atomic E-state index is 13.1. The zero-order valence-corrected chi connectivity index (χ0v) is 23.9. The van der Waals surface area contributed by atoms with Crippen LogP contribution in [0.1, 0.15) is 73.1 Å². The Kier molecular flexibility index (Phi) is 7.55. The number of carbonyl (C=O) groups excluding carboxylic acids is 1. The van der Waals surface area contributed by atoms with Crippen molar-refractivity contribution in [1.82, 2.24) is 19.9 Å². The first-order chi connectivity index (χ1) is 19.2. The van der Waals surface area contributed by atoms with Crippen LogP contribution in [0.3, 0.4) is 0 Å². The predicted molar refractivity (Wildman–Crippen MR) is 157 cm³/mol. The van der Waals surface area contributed by atoms with Gasteiger partial charge in [-0.05, 0) is 69.2 Å². The molecule has 0 aliphatic heterocycles. The molecule has 8 heteroatoms. The van der Waals surface area contributed by atoms with Crippen LogP contribution in [0.25, 0.3) is 22.0 Å². The highest BCUT2D eigenvalue weighted by molar-refractivity contribution is 6.03. The van der Waals surface area contributed by atoms with Crippen LogP contribution in [0.5, 0.6) is 11.6 Å². The summed E-state index contributed by atoms with van der Waals surface area (Å²) in [7, 11) is 1.68. The van der Waals surface area contributed by atoms with Gasteiger partial charge in [0.25, 0.3) is 11.5 Å². The van der Waals surface area contributed by atoms with Crippen molar-refractivity contribution in [3.63, 3.8) is 0 Å². The van der Waals surface area contributed by atoms with Gasteiger partial charge in [-0.2, -0.15) is 0 Å². The lowest BCUT2D eigenvalue weighted by Crippen LogP contribution is -2.33. The number of carbonyl (C=O) groups is 1. The highest BCUT2D eigenvalue weighted by atomic mass is 16.5. The second-order valence-corrected chi connectivity index (χ2v) is 10.9. The number of amides is 1. The molecular formula is C32H38N4O4. The third-order valence-electron chi connectivity index (χ3n) is 8.37. The molecule has 1 saturated carbocycles. The minimum Gasteiger partial charge on any atom is -0.438 e. The number of aliphatic hydroxyl groups is 1. The fourth-order valence-electron chi connectivity index (χ4n) is 6.08. The number of para-hydroxylation sites is 1. The van der Waals surface area contributed by atoms with Gasteiger partial charge in [-0.15, -0.1) is 0 Å². The summed E-state index contributed by atoms with van der Waals surface area (Å²) in [5, 5.41) is 15.4. The Morgan fingerprint density at radius 2 is 1.88 bits per heavy atom. The summed E-state index contributed by atoms with van der Waals surface area (Å²) < 4.78 is 7.99. The number of fused-ring (bicyclic) bond motifs is 1. The van der Waals surface area contributed by atoms with Crippen molar-refractivity contribution in [3.8, 4) is 22.8 Å². The summed E-state index contributed by atoms with van der Waals surface area (Å²) in [6.07, 6.45) is 8.19. The molecule has 1 aromatic carbocycles. The normalized spacial score (nSPS) is 15.3. The minimum absolute atomic E-state index is 0.147. The lowest BCUT2D eigenvalue weighted by atomic mass is 9.78. The van der Waals surface area contributed by atoms with Crippen molar-refractivity contribution in [2.45, 2.75) is 65.4 Å².